The van der Waals surface area contributed by atoms with Gasteiger partial charge in [-0.15, -0.1) is 0 Å². The van der Waals surface area contributed by atoms with Gasteiger partial charge in [0, 0.05) is 30.2 Å². The number of halogens is 2. The molecule has 1 unspecified atom stereocenters. The van der Waals surface area contributed by atoms with E-state index in [-0.39, 0.29) is 11.5 Å². The molecular weight excluding hydrogens is 398 g/mol. The summed E-state index contributed by atoms with van der Waals surface area (Å²) >= 11 is 0. The van der Waals surface area contributed by atoms with E-state index in [0.29, 0.717) is 22.5 Å². The Labute approximate surface area is 178 Å². The number of aliphatic hydroxyl groups is 1. The summed E-state index contributed by atoms with van der Waals surface area (Å²) in [5.41, 5.74) is 4.38. The van der Waals surface area contributed by atoms with Crippen LogP contribution in [0.2, 0.25) is 0 Å². The van der Waals surface area contributed by atoms with E-state index in [1.165, 1.54) is 16.8 Å². The monoisotopic (exact) mass is 418 g/mol. The number of benzene rings is 2. The maximum atomic E-state index is 14.9. The molecule has 1 fully saturated rings. The van der Waals surface area contributed by atoms with Crippen molar-refractivity contribution < 1.29 is 13.9 Å². The van der Waals surface area contributed by atoms with Crippen molar-refractivity contribution in [2.75, 3.05) is 11.9 Å². The van der Waals surface area contributed by atoms with Crippen LogP contribution in [0.3, 0.4) is 0 Å². The zero-order valence-electron chi connectivity index (χ0n) is 17.1. The number of aromatic nitrogens is 2. The molecule has 1 aromatic heterocycles. The number of hydrogen-bond acceptors (Lipinski definition) is 4. The van der Waals surface area contributed by atoms with E-state index in [9.17, 15) is 13.9 Å². The summed E-state index contributed by atoms with van der Waals surface area (Å²) in [7, 11) is 1.85. The lowest BCUT2D eigenvalue weighted by Gasteiger charge is -2.34. The summed E-state index contributed by atoms with van der Waals surface area (Å²) in [6, 6.07) is 12.7. The van der Waals surface area contributed by atoms with E-state index in [4.69, 9.17) is 5.26 Å². The number of hydrogen-bond donors (Lipinski definition) is 1. The molecule has 0 bridgehead atoms. The topological polar surface area (TPSA) is 65.1 Å². The minimum Gasteiger partial charge on any atom is -0.368 e. The van der Waals surface area contributed by atoms with Crippen molar-refractivity contribution in [1.29, 1.82) is 5.26 Å². The third-order valence-corrected chi connectivity index (χ3v) is 6.01. The van der Waals surface area contributed by atoms with Crippen LogP contribution in [0.5, 0.6) is 0 Å². The molecule has 1 aliphatic carbocycles. The van der Waals surface area contributed by atoms with Crippen LogP contribution >= 0.6 is 0 Å². The average molecular weight is 418 g/mol. The fourth-order valence-electron chi connectivity index (χ4n) is 4.33. The maximum absolute atomic E-state index is 14.9. The third-order valence-electron chi connectivity index (χ3n) is 6.01. The van der Waals surface area contributed by atoms with Crippen LogP contribution in [0.15, 0.2) is 48.0 Å². The van der Waals surface area contributed by atoms with E-state index >= 15 is 0 Å². The van der Waals surface area contributed by atoms with Crippen LogP contribution < -0.4 is 4.90 Å². The van der Waals surface area contributed by atoms with Crippen molar-refractivity contribution >= 4 is 11.5 Å². The Hall–Kier alpha value is -3.50. The van der Waals surface area contributed by atoms with Crippen molar-refractivity contribution in [1.82, 2.24) is 9.78 Å². The summed E-state index contributed by atoms with van der Waals surface area (Å²) in [6.45, 7) is 1.83. The lowest BCUT2D eigenvalue weighted by atomic mass is 9.98. The quantitative estimate of drug-likeness (QED) is 0.654. The summed E-state index contributed by atoms with van der Waals surface area (Å²) in [5.74, 6) is -0.550. The first-order chi connectivity index (χ1) is 14.9. The summed E-state index contributed by atoms with van der Waals surface area (Å²) in [4.78, 5) is 1.89. The Balaban J connectivity index is 1.72. The number of nitrogens with zero attached hydrogens (tertiary/aromatic N) is 4. The van der Waals surface area contributed by atoms with Crippen molar-refractivity contribution in [2.24, 2.45) is 0 Å². The molecule has 5 rings (SSSR count). The van der Waals surface area contributed by atoms with Gasteiger partial charge >= 0.3 is 0 Å². The van der Waals surface area contributed by atoms with Crippen LogP contribution in [0.4, 0.5) is 14.6 Å². The molecule has 2 aliphatic rings. The largest absolute Gasteiger partial charge is 0.368 e. The molecule has 0 amide bonds. The van der Waals surface area contributed by atoms with Gasteiger partial charge in [0.15, 0.2) is 6.23 Å². The van der Waals surface area contributed by atoms with Crippen LogP contribution in [-0.4, -0.2) is 21.9 Å². The van der Waals surface area contributed by atoms with Gasteiger partial charge in [0.2, 0.25) is 0 Å². The number of anilines is 1. The van der Waals surface area contributed by atoms with Gasteiger partial charge in [0.25, 0.3) is 0 Å². The van der Waals surface area contributed by atoms with Crippen molar-refractivity contribution in [3.63, 3.8) is 0 Å². The average Bonchev–Trinajstić information content (AvgIpc) is 3.53. The SMILES string of the molecule is CC1=C(c2ccc(C#N)cc2)N(C)c2c(-c3ccc(F)cc3F)c(C3CC3)nn2C1O. The smallest absolute Gasteiger partial charge is 0.173 e. The molecule has 1 aliphatic heterocycles. The Morgan fingerprint density at radius 1 is 1.13 bits per heavy atom. The third kappa shape index (κ3) is 3.03. The highest BCUT2D eigenvalue weighted by atomic mass is 19.1. The Morgan fingerprint density at radius 2 is 1.84 bits per heavy atom. The number of rotatable bonds is 3. The zero-order chi connectivity index (χ0) is 21.9. The summed E-state index contributed by atoms with van der Waals surface area (Å²) in [5, 5.41) is 24.9. The molecule has 31 heavy (non-hydrogen) atoms. The van der Waals surface area contributed by atoms with Crippen LogP contribution in [-0.2, 0) is 0 Å². The first-order valence-electron chi connectivity index (χ1n) is 10.1. The first kappa shape index (κ1) is 19.5. The van der Waals surface area contributed by atoms with Gasteiger partial charge in [-0.25, -0.2) is 13.5 Å². The van der Waals surface area contributed by atoms with Crippen molar-refractivity contribution in [2.45, 2.75) is 31.9 Å². The molecule has 0 radical (unpaired) electrons. The Morgan fingerprint density at radius 3 is 2.45 bits per heavy atom. The van der Waals surface area contributed by atoms with Gasteiger partial charge in [-0.05, 0) is 49.6 Å². The van der Waals surface area contributed by atoms with Crippen LogP contribution in [0, 0.1) is 23.0 Å². The second kappa shape index (κ2) is 7.03. The molecular formula is C24H20F2N4O. The van der Waals surface area contributed by atoms with E-state index in [1.54, 1.807) is 12.1 Å². The number of aliphatic hydroxyl groups excluding tert-OH is 1. The highest BCUT2D eigenvalue weighted by Crippen LogP contribution is 2.51. The molecule has 1 N–H and O–H groups in total. The molecule has 1 atom stereocenters. The van der Waals surface area contributed by atoms with E-state index in [1.807, 2.05) is 31.0 Å². The van der Waals surface area contributed by atoms with E-state index < -0.39 is 17.9 Å². The van der Waals surface area contributed by atoms with Gasteiger partial charge in [-0.3, -0.25) is 0 Å². The van der Waals surface area contributed by atoms with Crippen molar-refractivity contribution in [3.8, 4) is 17.2 Å². The van der Waals surface area contributed by atoms with Gasteiger partial charge in [0.1, 0.15) is 17.5 Å². The molecule has 156 valence electrons. The maximum Gasteiger partial charge on any atom is 0.173 e. The van der Waals surface area contributed by atoms with Gasteiger partial charge in [0.05, 0.1) is 28.6 Å². The fraction of sp³-hybridized carbons (Fsp3) is 0.250. The Bertz CT molecular complexity index is 1270. The first-order valence-corrected chi connectivity index (χ1v) is 10.1. The predicted molar refractivity (Wildman–Crippen MR) is 113 cm³/mol. The highest BCUT2D eigenvalue weighted by molar-refractivity contribution is 5.90. The van der Waals surface area contributed by atoms with Crippen LogP contribution in [0.25, 0.3) is 16.8 Å². The fourth-order valence-corrected chi connectivity index (χ4v) is 4.33. The van der Waals surface area contributed by atoms with Crippen LogP contribution in [0.1, 0.15) is 48.7 Å². The van der Waals surface area contributed by atoms with E-state index in [2.05, 4.69) is 11.2 Å². The normalized spacial score (nSPS) is 18.2. The molecule has 2 aromatic carbocycles. The number of fused-ring (bicyclic) bond motifs is 1. The lowest BCUT2D eigenvalue weighted by Crippen LogP contribution is -2.30. The standard InChI is InChI=1S/C24H20F2N4O/c1-13-22(16-5-3-14(12-27)4-6-16)29(2)23-20(18-10-9-17(25)11-19(18)26)21(15-7-8-15)28-30(23)24(13)31/h3-6,9-11,15,24,31H,7-8H2,1-2H3. The molecule has 5 nitrogen and oxygen atoms in total. The van der Waals surface area contributed by atoms with Gasteiger partial charge < -0.3 is 10.0 Å². The minimum atomic E-state index is -1.02. The second-order valence-corrected chi connectivity index (χ2v) is 8.08. The highest BCUT2D eigenvalue weighted by Gasteiger charge is 2.39. The lowest BCUT2D eigenvalue weighted by molar-refractivity contribution is 0.126. The molecule has 0 saturated heterocycles. The molecule has 0 spiro atoms. The summed E-state index contributed by atoms with van der Waals surface area (Å²) < 4.78 is 30.0. The molecule has 2 heterocycles. The second-order valence-electron chi connectivity index (χ2n) is 8.08. The zero-order valence-corrected chi connectivity index (χ0v) is 17.1. The summed E-state index contributed by atoms with van der Waals surface area (Å²) in [6.07, 6.45) is 0.869. The number of nitriles is 1. The predicted octanol–water partition coefficient (Wildman–Crippen LogP) is 4.95. The van der Waals surface area contributed by atoms with Gasteiger partial charge in [-0.2, -0.15) is 10.4 Å². The molecule has 3 aromatic rings. The van der Waals surface area contributed by atoms with E-state index in [0.717, 1.165) is 35.9 Å². The Kier molecular flexibility index (Phi) is 4.42. The van der Waals surface area contributed by atoms with Crippen molar-refractivity contribution in [3.05, 3.63) is 76.5 Å². The molecule has 7 heteroatoms. The minimum absolute atomic E-state index is 0.192. The molecule has 1 saturated carbocycles. The van der Waals surface area contributed by atoms with Gasteiger partial charge in [-0.1, -0.05) is 12.1 Å².